The van der Waals surface area contributed by atoms with Crippen LogP contribution < -0.4 is 11.1 Å². The molecule has 0 amide bonds. The van der Waals surface area contributed by atoms with Gasteiger partial charge in [-0.2, -0.15) is 13.2 Å². The second kappa shape index (κ2) is 5.09. The SMILES string of the molecule is Nc1cc(F)c(Br)cc1NCC(O)C(F)(F)F. The van der Waals surface area contributed by atoms with Crippen molar-refractivity contribution in [3.63, 3.8) is 0 Å². The Morgan fingerprint density at radius 1 is 1.41 bits per heavy atom. The molecule has 1 atom stereocenters. The highest BCUT2D eigenvalue weighted by atomic mass is 79.9. The largest absolute Gasteiger partial charge is 0.416 e. The maximum Gasteiger partial charge on any atom is 0.416 e. The third kappa shape index (κ3) is 3.74. The number of anilines is 2. The monoisotopic (exact) mass is 316 g/mol. The van der Waals surface area contributed by atoms with Gasteiger partial charge in [0.1, 0.15) is 5.82 Å². The van der Waals surface area contributed by atoms with Gasteiger partial charge in [-0.1, -0.05) is 0 Å². The average molecular weight is 317 g/mol. The maximum atomic E-state index is 13.0. The van der Waals surface area contributed by atoms with E-state index in [4.69, 9.17) is 10.8 Å². The fourth-order valence-electron chi connectivity index (χ4n) is 1.04. The number of benzene rings is 1. The van der Waals surface area contributed by atoms with Crippen LogP contribution in [0.4, 0.5) is 28.9 Å². The molecule has 17 heavy (non-hydrogen) atoms. The van der Waals surface area contributed by atoms with Crippen LogP contribution in [-0.2, 0) is 0 Å². The molecule has 0 aromatic heterocycles. The number of hydrogen-bond donors (Lipinski definition) is 3. The lowest BCUT2D eigenvalue weighted by molar-refractivity contribution is -0.198. The molecule has 0 saturated heterocycles. The van der Waals surface area contributed by atoms with Crippen LogP contribution >= 0.6 is 15.9 Å². The lowest BCUT2D eigenvalue weighted by Crippen LogP contribution is -2.35. The number of nitrogens with two attached hydrogens (primary N) is 1. The summed E-state index contributed by atoms with van der Waals surface area (Å²) in [4.78, 5) is 0. The maximum absolute atomic E-state index is 13.0. The van der Waals surface area contributed by atoms with E-state index in [-0.39, 0.29) is 15.8 Å². The van der Waals surface area contributed by atoms with E-state index in [9.17, 15) is 17.6 Å². The first-order valence-electron chi connectivity index (χ1n) is 4.45. The molecule has 8 heteroatoms. The van der Waals surface area contributed by atoms with E-state index < -0.39 is 24.6 Å². The Kier molecular flexibility index (Phi) is 4.21. The van der Waals surface area contributed by atoms with Gasteiger partial charge in [0, 0.05) is 12.6 Å². The minimum Gasteiger partial charge on any atom is -0.397 e. The quantitative estimate of drug-likeness (QED) is 0.593. The highest BCUT2D eigenvalue weighted by Gasteiger charge is 2.37. The Labute approximate surface area is 103 Å². The molecule has 0 aliphatic rings. The van der Waals surface area contributed by atoms with Crippen LogP contribution in [-0.4, -0.2) is 23.9 Å². The van der Waals surface area contributed by atoms with Crippen molar-refractivity contribution >= 4 is 27.3 Å². The summed E-state index contributed by atoms with van der Waals surface area (Å²) in [6.45, 7) is -0.758. The molecule has 3 nitrogen and oxygen atoms in total. The zero-order valence-corrected chi connectivity index (χ0v) is 9.94. The van der Waals surface area contributed by atoms with Gasteiger partial charge in [0.15, 0.2) is 6.10 Å². The number of rotatable bonds is 3. The molecule has 96 valence electrons. The first-order valence-corrected chi connectivity index (χ1v) is 5.24. The van der Waals surface area contributed by atoms with E-state index in [1.807, 2.05) is 0 Å². The molecule has 0 aliphatic carbocycles. The molecule has 1 aromatic rings. The summed E-state index contributed by atoms with van der Waals surface area (Å²) in [5.74, 6) is -0.621. The van der Waals surface area contributed by atoms with Crippen LogP contribution in [0, 0.1) is 5.82 Å². The van der Waals surface area contributed by atoms with Gasteiger partial charge in [-0.05, 0) is 22.0 Å². The van der Waals surface area contributed by atoms with Gasteiger partial charge in [0.05, 0.1) is 15.8 Å². The predicted molar refractivity (Wildman–Crippen MR) is 59.1 cm³/mol. The van der Waals surface area contributed by atoms with E-state index in [1.165, 1.54) is 6.07 Å². The molecule has 1 aromatic carbocycles. The van der Waals surface area contributed by atoms with Crippen LogP contribution in [0.5, 0.6) is 0 Å². The van der Waals surface area contributed by atoms with Crippen LogP contribution in [0.3, 0.4) is 0 Å². The molecule has 0 spiro atoms. The predicted octanol–water partition coefficient (Wildman–Crippen LogP) is 2.51. The van der Waals surface area contributed by atoms with Gasteiger partial charge >= 0.3 is 6.18 Å². The molecule has 0 aliphatic heterocycles. The Hall–Kier alpha value is -1.02. The number of nitrogens with one attached hydrogen (secondary N) is 1. The molecule has 1 unspecified atom stereocenters. The summed E-state index contributed by atoms with van der Waals surface area (Å²) in [5, 5.41) is 11.0. The van der Waals surface area contributed by atoms with Crippen molar-refractivity contribution < 1.29 is 22.7 Å². The molecule has 0 radical (unpaired) electrons. The van der Waals surface area contributed by atoms with Gasteiger partial charge in [0.2, 0.25) is 0 Å². The van der Waals surface area contributed by atoms with E-state index >= 15 is 0 Å². The van der Waals surface area contributed by atoms with Crippen molar-refractivity contribution in [1.82, 2.24) is 0 Å². The highest BCUT2D eigenvalue weighted by Crippen LogP contribution is 2.27. The summed E-state index contributed by atoms with van der Waals surface area (Å²) in [7, 11) is 0. The molecule has 0 heterocycles. The number of halogens is 5. The second-order valence-electron chi connectivity index (χ2n) is 3.29. The van der Waals surface area contributed by atoms with Crippen LogP contribution in [0.1, 0.15) is 0 Å². The molecule has 1 rings (SSSR count). The summed E-state index contributed by atoms with van der Waals surface area (Å²) in [6, 6.07) is 2.17. The van der Waals surface area contributed by atoms with Crippen molar-refractivity contribution in [2.24, 2.45) is 0 Å². The summed E-state index contributed by atoms with van der Waals surface area (Å²) in [5.41, 5.74) is 5.47. The van der Waals surface area contributed by atoms with Crippen molar-refractivity contribution in [1.29, 1.82) is 0 Å². The van der Waals surface area contributed by atoms with Crippen LogP contribution in [0.15, 0.2) is 16.6 Å². The number of aliphatic hydroxyl groups excluding tert-OH is 1. The normalized spacial score (nSPS) is 13.5. The summed E-state index contributed by atoms with van der Waals surface area (Å²) in [6.07, 6.45) is -7.22. The van der Waals surface area contributed by atoms with Crippen molar-refractivity contribution in [2.75, 3.05) is 17.6 Å². The molecule has 4 N–H and O–H groups in total. The fraction of sp³-hybridized carbons (Fsp3) is 0.333. The number of aliphatic hydroxyl groups is 1. The lowest BCUT2D eigenvalue weighted by Gasteiger charge is -2.17. The third-order valence-corrected chi connectivity index (χ3v) is 2.56. The summed E-state index contributed by atoms with van der Waals surface area (Å²) >= 11 is 2.87. The smallest absolute Gasteiger partial charge is 0.397 e. The van der Waals surface area contributed by atoms with E-state index in [0.29, 0.717) is 0 Å². The Morgan fingerprint density at radius 2 is 2.00 bits per heavy atom. The molecule has 0 saturated carbocycles. The first kappa shape index (κ1) is 14.0. The van der Waals surface area contributed by atoms with Gasteiger partial charge < -0.3 is 16.2 Å². The molecular formula is C9H9BrF4N2O. The van der Waals surface area contributed by atoms with Crippen LogP contribution in [0.25, 0.3) is 0 Å². The van der Waals surface area contributed by atoms with Crippen molar-refractivity contribution in [2.45, 2.75) is 12.3 Å². The van der Waals surface area contributed by atoms with Crippen molar-refractivity contribution in [3.8, 4) is 0 Å². The second-order valence-corrected chi connectivity index (χ2v) is 4.15. The molecule has 0 bridgehead atoms. The van der Waals surface area contributed by atoms with Gasteiger partial charge in [0.25, 0.3) is 0 Å². The van der Waals surface area contributed by atoms with E-state index in [2.05, 4.69) is 21.2 Å². The van der Waals surface area contributed by atoms with Gasteiger partial charge in [-0.15, -0.1) is 0 Å². The fourth-order valence-corrected chi connectivity index (χ4v) is 1.38. The van der Waals surface area contributed by atoms with Crippen molar-refractivity contribution in [3.05, 3.63) is 22.4 Å². The van der Waals surface area contributed by atoms with Gasteiger partial charge in [-0.25, -0.2) is 4.39 Å². The first-order chi connectivity index (χ1) is 7.71. The zero-order chi connectivity index (χ0) is 13.2. The minimum atomic E-state index is -4.71. The van der Waals surface area contributed by atoms with E-state index in [0.717, 1.165) is 6.07 Å². The number of hydrogen-bond acceptors (Lipinski definition) is 3. The zero-order valence-electron chi connectivity index (χ0n) is 8.35. The van der Waals surface area contributed by atoms with Gasteiger partial charge in [-0.3, -0.25) is 0 Å². The Balaban J connectivity index is 2.73. The summed E-state index contributed by atoms with van der Waals surface area (Å²) < 4.78 is 49.0. The Bertz CT molecular complexity index is 411. The van der Waals surface area contributed by atoms with E-state index in [1.54, 1.807) is 0 Å². The topological polar surface area (TPSA) is 58.3 Å². The highest BCUT2D eigenvalue weighted by molar-refractivity contribution is 9.10. The molecule has 0 fully saturated rings. The standard InChI is InChI=1S/C9H9BrF4N2O/c10-4-1-7(6(15)2-5(4)11)16-3-8(17)9(12,13)14/h1-2,8,16-17H,3,15H2. The molecular weight excluding hydrogens is 308 g/mol. The number of alkyl halides is 3. The third-order valence-electron chi connectivity index (χ3n) is 1.96. The number of nitrogen functional groups attached to an aromatic ring is 1. The average Bonchev–Trinajstić information content (AvgIpc) is 2.19. The minimum absolute atomic E-state index is 0.0416. The Morgan fingerprint density at radius 3 is 2.53 bits per heavy atom. The van der Waals surface area contributed by atoms with Crippen LogP contribution in [0.2, 0.25) is 0 Å². The lowest BCUT2D eigenvalue weighted by atomic mass is 10.2.